The number of nitrogens with two attached hydrogens (primary N) is 1. The van der Waals surface area contributed by atoms with Gasteiger partial charge in [0.2, 0.25) is 17.4 Å². The van der Waals surface area contributed by atoms with E-state index in [4.69, 9.17) is 0 Å². The van der Waals surface area contributed by atoms with Crippen LogP contribution in [-0.2, 0) is 26.3 Å². The SMILES string of the molecule is CCCCN1C(=O)[C@H]2[C@@H](C1=O)[C@]1([NH2+][C@@H]2C)C(=O)Nc2ccc(CC)cc21. The molecule has 0 bridgehead atoms. The normalized spacial score (nSPS) is 32.3. The van der Waals surface area contributed by atoms with E-state index in [-0.39, 0.29) is 23.8 Å². The molecule has 0 aliphatic carbocycles. The number of unbranched alkanes of at least 4 members (excludes halogenated alkanes) is 1. The van der Waals surface area contributed by atoms with Crippen molar-refractivity contribution in [2.45, 2.75) is 51.6 Å². The largest absolute Gasteiger partial charge is 0.326 e. The first-order valence-electron chi connectivity index (χ1n) is 9.61. The highest BCUT2D eigenvalue weighted by Crippen LogP contribution is 2.49. The van der Waals surface area contributed by atoms with Gasteiger partial charge in [0.25, 0.3) is 5.91 Å². The lowest BCUT2D eigenvalue weighted by atomic mass is 9.76. The van der Waals surface area contributed by atoms with Crippen LogP contribution in [0.3, 0.4) is 0 Å². The number of hydrogen-bond donors (Lipinski definition) is 2. The molecule has 6 heteroatoms. The Bertz CT molecular complexity index is 805. The molecule has 0 aromatic heterocycles. The van der Waals surface area contributed by atoms with Crippen molar-refractivity contribution in [3.8, 4) is 0 Å². The lowest BCUT2D eigenvalue weighted by Gasteiger charge is -2.26. The maximum atomic E-state index is 13.2. The number of nitrogens with one attached hydrogen (secondary N) is 1. The molecule has 1 spiro atoms. The predicted molar refractivity (Wildman–Crippen MR) is 96.1 cm³/mol. The number of imide groups is 1. The van der Waals surface area contributed by atoms with E-state index in [0.717, 1.165) is 36.1 Å². The molecular weight excluding hydrogens is 330 g/mol. The fourth-order valence-electron chi connectivity index (χ4n) is 5.00. The van der Waals surface area contributed by atoms with E-state index in [0.29, 0.717) is 6.54 Å². The first kappa shape index (κ1) is 17.2. The van der Waals surface area contributed by atoms with Crippen LogP contribution in [0.1, 0.15) is 44.7 Å². The number of carbonyl (C=O) groups excluding carboxylic acids is 3. The zero-order chi connectivity index (χ0) is 18.6. The Balaban J connectivity index is 1.83. The molecule has 3 aliphatic heterocycles. The summed E-state index contributed by atoms with van der Waals surface area (Å²) in [6.45, 7) is 6.51. The molecular formula is C20H26N3O3+. The van der Waals surface area contributed by atoms with E-state index >= 15 is 0 Å². The molecule has 138 valence electrons. The number of fused-ring (bicyclic) bond motifs is 4. The zero-order valence-corrected chi connectivity index (χ0v) is 15.5. The van der Waals surface area contributed by atoms with Gasteiger partial charge in [-0.3, -0.25) is 19.3 Å². The van der Waals surface area contributed by atoms with E-state index in [2.05, 4.69) is 12.2 Å². The fourth-order valence-corrected chi connectivity index (χ4v) is 5.00. The Hall–Kier alpha value is -2.21. The first-order valence-corrected chi connectivity index (χ1v) is 9.61. The molecule has 6 nitrogen and oxygen atoms in total. The summed E-state index contributed by atoms with van der Waals surface area (Å²) in [5.41, 5.74) is 1.74. The molecule has 3 amide bonds. The van der Waals surface area contributed by atoms with Crippen LogP contribution in [0.2, 0.25) is 0 Å². The number of aryl methyl sites for hydroxylation is 1. The third-order valence-corrected chi connectivity index (χ3v) is 6.32. The number of rotatable bonds is 4. The predicted octanol–water partition coefficient (Wildman–Crippen LogP) is 0.763. The first-order chi connectivity index (χ1) is 12.5. The van der Waals surface area contributed by atoms with E-state index < -0.39 is 17.4 Å². The highest BCUT2D eigenvalue weighted by atomic mass is 16.2. The topological polar surface area (TPSA) is 83.1 Å². The molecule has 0 unspecified atom stereocenters. The van der Waals surface area contributed by atoms with Crippen molar-refractivity contribution in [2.24, 2.45) is 11.8 Å². The van der Waals surface area contributed by atoms with Crippen LogP contribution in [0.4, 0.5) is 5.69 Å². The minimum Gasteiger partial charge on any atom is -0.326 e. The van der Waals surface area contributed by atoms with Gasteiger partial charge in [-0.2, -0.15) is 0 Å². The number of quaternary nitrogens is 1. The van der Waals surface area contributed by atoms with Gasteiger partial charge in [-0.05, 0) is 37.5 Å². The number of benzene rings is 1. The smallest absolute Gasteiger partial charge is 0.291 e. The van der Waals surface area contributed by atoms with Crippen LogP contribution in [0.25, 0.3) is 0 Å². The highest BCUT2D eigenvalue weighted by molar-refractivity contribution is 6.13. The quantitative estimate of drug-likeness (QED) is 0.782. The third-order valence-electron chi connectivity index (χ3n) is 6.32. The van der Waals surface area contributed by atoms with Crippen LogP contribution in [0.5, 0.6) is 0 Å². The summed E-state index contributed by atoms with van der Waals surface area (Å²) in [5.74, 6) is -1.50. The molecule has 2 saturated heterocycles. The summed E-state index contributed by atoms with van der Waals surface area (Å²) < 4.78 is 0. The second kappa shape index (κ2) is 5.91. The van der Waals surface area contributed by atoms with E-state index in [9.17, 15) is 14.4 Å². The van der Waals surface area contributed by atoms with Crippen molar-refractivity contribution in [3.05, 3.63) is 29.3 Å². The Morgan fingerprint density at radius 2 is 1.96 bits per heavy atom. The van der Waals surface area contributed by atoms with Crippen molar-refractivity contribution in [1.82, 2.24) is 4.90 Å². The van der Waals surface area contributed by atoms with Gasteiger partial charge in [0.15, 0.2) is 0 Å². The molecule has 4 rings (SSSR count). The minimum atomic E-state index is -1.02. The molecule has 0 saturated carbocycles. The van der Waals surface area contributed by atoms with Crippen molar-refractivity contribution >= 4 is 23.4 Å². The van der Waals surface area contributed by atoms with Crippen LogP contribution in [-0.4, -0.2) is 35.2 Å². The molecule has 0 radical (unpaired) electrons. The van der Waals surface area contributed by atoms with E-state index in [1.165, 1.54) is 4.90 Å². The standard InChI is InChI=1S/C20H25N3O3/c1-4-6-9-23-17(24)15-11(3)22-20(16(15)18(23)25)13-10-12(5-2)7-8-14(13)21-19(20)26/h7-8,10-11,15-16,22H,4-6,9H2,1-3H3,(H,21,26)/p+1/t11-,15-,16+,20+/m1/s1. The second-order valence-electron chi connectivity index (χ2n) is 7.77. The molecule has 1 aromatic carbocycles. The maximum Gasteiger partial charge on any atom is 0.291 e. The molecule has 3 heterocycles. The highest BCUT2D eigenvalue weighted by Gasteiger charge is 2.73. The fraction of sp³-hybridized carbons (Fsp3) is 0.550. The Labute approximate surface area is 153 Å². The van der Waals surface area contributed by atoms with Gasteiger partial charge in [-0.25, -0.2) is 0 Å². The van der Waals surface area contributed by atoms with E-state index in [1.807, 2.05) is 37.4 Å². The third kappa shape index (κ3) is 2.05. The Kier molecular flexibility index (Phi) is 3.91. The van der Waals surface area contributed by atoms with Crippen molar-refractivity contribution in [1.29, 1.82) is 0 Å². The number of hydrogen-bond acceptors (Lipinski definition) is 3. The van der Waals surface area contributed by atoms with Crippen LogP contribution < -0.4 is 10.6 Å². The number of amides is 3. The lowest BCUT2D eigenvalue weighted by molar-refractivity contribution is -0.730. The summed E-state index contributed by atoms with van der Waals surface area (Å²) in [4.78, 5) is 40.7. The maximum absolute atomic E-state index is 13.2. The number of nitrogens with zero attached hydrogens (tertiary/aromatic N) is 1. The van der Waals surface area contributed by atoms with Crippen molar-refractivity contribution < 1.29 is 19.7 Å². The molecule has 3 aliphatic rings. The summed E-state index contributed by atoms with van der Waals surface area (Å²) in [5, 5.41) is 4.91. The Morgan fingerprint density at radius 1 is 1.19 bits per heavy atom. The van der Waals surface area contributed by atoms with Gasteiger partial charge in [0.1, 0.15) is 11.8 Å². The second-order valence-corrected chi connectivity index (χ2v) is 7.77. The molecule has 26 heavy (non-hydrogen) atoms. The van der Waals surface area contributed by atoms with Gasteiger partial charge in [0.05, 0.1) is 11.7 Å². The summed E-state index contributed by atoms with van der Waals surface area (Å²) >= 11 is 0. The van der Waals surface area contributed by atoms with Crippen LogP contribution in [0.15, 0.2) is 18.2 Å². The minimum absolute atomic E-state index is 0.106. The lowest BCUT2D eigenvalue weighted by Crippen LogP contribution is -2.98. The number of anilines is 1. The average Bonchev–Trinajstić information content (AvgIpc) is 3.18. The van der Waals surface area contributed by atoms with Crippen molar-refractivity contribution in [2.75, 3.05) is 11.9 Å². The average molecular weight is 356 g/mol. The summed E-state index contributed by atoms with van der Waals surface area (Å²) in [6, 6.07) is 5.85. The molecule has 4 atom stereocenters. The molecule has 3 N–H and O–H groups in total. The van der Waals surface area contributed by atoms with Crippen molar-refractivity contribution in [3.63, 3.8) is 0 Å². The zero-order valence-electron chi connectivity index (χ0n) is 15.5. The summed E-state index contributed by atoms with van der Waals surface area (Å²) in [7, 11) is 0. The van der Waals surface area contributed by atoms with Gasteiger partial charge < -0.3 is 10.6 Å². The van der Waals surface area contributed by atoms with E-state index in [1.54, 1.807) is 0 Å². The Morgan fingerprint density at radius 3 is 2.65 bits per heavy atom. The number of likely N-dealkylation sites (tertiary alicyclic amines) is 1. The van der Waals surface area contributed by atoms with Crippen LogP contribution >= 0.6 is 0 Å². The molecule has 2 fully saturated rings. The van der Waals surface area contributed by atoms with Gasteiger partial charge in [0, 0.05) is 12.1 Å². The van der Waals surface area contributed by atoms with Crippen LogP contribution in [0, 0.1) is 11.8 Å². The number of carbonyl (C=O) groups is 3. The summed E-state index contributed by atoms with van der Waals surface area (Å²) in [6.07, 6.45) is 2.57. The monoisotopic (exact) mass is 356 g/mol. The molecule has 1 aromatic rings. The van der Waals surface area contributed by atoms with Gasteiger partial charge >= 0.3 is 0 Å². The van der Waals surface area contributed by atoms with Gasteiger partial charge in [-0.1, -0.05) is 26.3 Å². The van der Waals surface area contributed by atoms with Gasteiger partial charge in [-0.15, -0.1) is 0 Å².